The molecule has 0 amide bonds. The lowest BCUT2D eigenvalue weighted by molar-refractivity contribution is 0.170. The summed E-state index contributed by atoms with van der Waals surface area (Å²) in [6.07, 6.45) is 0. The molecule has 2 atom stereocenters. The number of hydrogen-bond acceptors (Lipinski definition) is 3. The van der Waals surface area contributed by atoms with Gasteiger partial charge in [0.25, 0.3) is 0 Å². The fraction of sp³-hybridized carbons (Fsp3) is 1.00. The van der Waals surface area contributed by atoms with Gasteiger partial charge in [-0.15, -0.1) is 0 Å². The minimum Gasteiger partial charge on any atom is -0.395 e. The molecule has 0 aromatic heterocycles. The third-order valence-corrected chi connectivity index (χ3v) is 2.49. The SMILES string of the molecule is CC(C)(C)C1CNC(CO)CN1. The summed E-state index contributed by atoms with van der Waals surface area (Å²) in [6, 6.07) is 0.754. The van der Waals surface area contributed by atoms with Gasteiger partial charge < -0.3 is 15.7 Å². The maximum Gasteiger partial charge on any atom is 0.0597 e. The van der Waals surface area contributed by atoms with Crippen LogP contribution in [0.5, 0.6) is 0 Å². The van der Waals surface area contributed by atoms with Gasteiger partial charge in [-0.3, -0.25) is 0 Å². The quantitative estimate of drug-likeness (QED) is 0.520. The lowest BCUT2D eigenvalue weighted by atomic mass is 9.85. The average molecular weight is 172 g/mol. The second-order valence-electron chi connectivity index (χ2n) is 4.61. The highest BCUT2D eigenvalue weighted by atomic mass is 16.3. The average Bonchev–Trinajstić information content (AvgIpc) is 2.03. The third-order valence-electron chi connectivity index (χ3n) is 2.49. The largest absolute Gasteiger partial charge is 0.395 e. The summed E-state index contributed by atoms with van der Waals surface area (Å²) in [5, 5.41) is 15.6. The fourth-order valence-electron chi connectivity index (χ4n) is 1.45. The minimum absolute atomic E-state index is 0.226. The highest BCUT2D eigenvalue weighted by Gasteiger charge is 2.28. The summed E-state index contributed by atoms with van der Waals surface area (Å²) in [6.45, 7) is 8.74. The van der Waals surface area contributed by atoms with Gasteiger partial charge in [0, 0.05) is 25.2 Å². The van der Waals surface area contributed by atoms with Crippen LogP contribution < -0.4 is 10.6 Å². The molecule has 0 aromatic carbocycles. The fourth-order valence-corrected chi connectivity index (χ4v) is 1.45. The summed E-state index contributed by atoms with van der Waals surface area (Å²) in [7, 11) is 0. The molecule has 12 heavy (non-hydrogen) atoms. The molecule has 1 aliphatic rings. The first-order chi connectivity index (χ1) is 5.54. The van der Waals surface area contributed by atoms with Gasteiger partial charge in [-0.05, 0) is 5.41 Å². The lowest BCUT2D eigenvalue weighted by Gasteiger charge is -2.38. The van der Waals surface area contributed by atoms with Crippen LogP contribution in [0.2, 0.25) is 0 Å². The van der Waals surface area contributed by atoms with Crippen LogP contribution in [0.4, 0.5) is 0 Å². The molecule has 0 aliphatic carbocycles. The van der Waals surface area contributed by atoms with Crippen LogP contribution in [0.3, 0.4) is 0 Å². The third kappa shape index (κ3) is 2.44. The molecule has 3 heteroatoms. The van der Waals surface area contributed by atoms with Gasteiger partial charge >= 0.3 is 0 Å². The zero-order valence-corrected chi connectivity index (χ0v) is 8.22. The van der Waals surface area contributed by atoms with Crippen LogP contribution in [0.15, 0.2) is 0 Å². The highest BCUT2D eigenvalue weighted by molar-refractivity contribution is 4.89. The van der Waals surface area contributed by atoms with Crippen molar-refractivity contribution < 1.29 is 5.11 Å². The first-order valence-corrected chi connectivity index (χ1v) is 4.61. The Morgan fingerprint density at radius 3 is 2.25 bits per heavy atom. The number of piperazine rings is 1. The topological polar surface area (TPSA) is 44.3 Å². The number of aliphatic hydroxyl groups is 1. The number of hydrogen-bond donors (Lipinski definition) is 3. The summed E-state index contributed by atoms with van der Waals surface area (Å²) < 4.78 is 0. The van der Waals surface area contributed by atoms with E-state index in [1.165, 1.54) is 0 Å². The molecule has 1 fully saturated rings. The van der Waals surface area contributed by atoms with Crippen molar-refractivity contribution >= 4 is 0 Å². The lowest BCUT2D eigenvalue weighted by Crippen LogP contribution is -2.59. The van der Waals surface area contributed by atoms with Crippen LogP contribution >= 0.6 is 0 Å². The van der Waals surface area contributed by atoms with E-state index < -0.39 is 0 Å². The first kappa shape index (κ1) is 9.96. The Morgan fingerprint density at radius 1 is 1.25 bits per heavy atom. The zero-order valence-electron chi connectivity index (χ0n) is 8.22. The Bertz CT molecular complexity index is 134. The molecule has 2 unspecified atom stereocenters. The summed E-state index contributed by atoms with van der Waals surface area (Å²) >= 11 is 0. The Balaban J connectivity index is 2.36. The maximum absolute atomic E-state index is 8.88. The molecular weight excluding hydrogens is 152 g/mol. The van der Waals surface area contributed by atoms with Crippen LogP contribution in [-0.4, -0.2) is 36.9 Å². The van der Waals surface area contributed by atoms with Crippen molar-refractivity contribution in [2.75, 3.05) is 19.7 Å². The van der Waals surface area contributed by atoms with Crippen LogP contribution in [0.1, 0.15) is 20.8 Å². The van der Waals surface area contributed by atoms with E-state index in [1.807, 2.05) is 0 Å². The standard InChI is InChI=1S/C9H20N2O/c1-9(2,3)8-5-10-7(6-12)4-11-8/h7-8,10-12H,4-6H2,1-3H3. The van der Waals surface area contributed by atoms with Gasteiger partial charge in [0.05, 0.1) is 6.61 Å². The van der Waals surface area contributed by atoms with Crippen molar-refractivity contribution in [3.63, 3.8) is 0 Å². The summed E-state index contributed by atoms with van der Waals surface area (Å²) in [4.78, 5) is 0. The van der Waals surface area contributed by atoms with Crippen LogP contribution in [-0.2, 0) is 0 Å². The Kier molecular flexibility index (Phi) is 3.09. The minimum atomic E-state index is 0.226. The van der Waals surface area contributed by atoms with Crippen LogP contribution in [0, 0.1) is 5.41 Å². The second kappa shape index (κ2) is 3.73. The van der Waals surface area contributed by atoms with Crippen molar-refractivity contribution in [3.8, 4) is 0 Å². The molecule has 3 nitrogen and oxygen atoms in total. The summed E-state index contributed by atoms with van der Waals surface area (Å²) in [5.41, 5.74) is 0.299. The normalized spacial score (nSPS) is 32.0. The van der Waals surface area contributed by atoms with Gasteiger partial charge in [-0.25, -0.2) is 0 Å². The monoisotopic (exact) mass is 172 g/mol. The van der Waals surface area contributed by atoms with Crippen LogP contribution in [0.25, 0.3) is 0 Å². The molecule has 3 N–H and O–H groups in total. The van der Waals surface area contributed by atoms with E-state index in [1.54, 1.807) is 0 Å². The molecule has 1 aliphatic heterocycles. The van der Waals surface area contributed by atoms with Crippen molar-refractivity contribution in [1.82, 2.24) is 10.6 Å². The van der Waals surface area contributed by atoms with Gasteiger partial charge in [0.2, 0.25) is 0 Å². The van der Waals surface area contributed by atoms with E-state index in [0.717, 1.165) is 13.1 Å². The Labute approximate surface area is 74.5 Å². The maximum atomic E-state index is 8.88. The molecule has 72 valence electrons. The Hall–Kier alpha value is -0.120. The predicted octanol–water partition coefficient (Wildman–Crippen LogP) is -0.0452. The smallest absolute Gasteiger partial charge is 0.0597 e. The first-order valence-electron chi connectivity index (χ1n) is 4.61. The van der Waals surface area contributed by atoms with Gasteiger partial charge in [0.15, 0.2) is 0 Å². The van der Waals surface area contributed by atoms with E-state index in [9.17, 15) is 0 Å². The highest BCUT2D eigenvalue weighted by Crippen LogP contribution is 2.19. The molecule has 0 aromatic rings. The van der Waals surface area contributed by atoms with E-state index in [2.05, 4.69) is 31.4 Å². The molecule has 0 spiro atoms. The van der Waals surface area contributed by atoms with Crippen molar-refractivity contribution in [3.05, 3.63) is 0 Å². The van der Waals surface area contributed by atoms with E-state index in [-0.39, 0.29) is 12.6 Å². The van der Waals surface area contributed by atoms with Crippen molar-refractivity contribution in [2.24, 2.45) is 5.41 Å². The van der Waals surface area contributed by atoms with Gasteiger partial charge in [-0.2, -0.15) is 0 Å². The number of aliphatic hydroxyl groups excluding tert-OH is 1. The van der Waals surface area contributed by atoms with Crippen molar-refractivity contribution in [1.29, 1.82) is 0 Å². The predicted molar refractivity (Wildman–Crippen MR) is 50.1 cm³/mol. The molecular formula is C9H20N2O. The van der Waals surface area contributed by atoms with Gasteiger partial charge in [0.1, 0.15) is 0 Å². The van der Waals surface area contributed by atoms with Gasteiger partial charge in [-0.1, -0.05) is 20.8 Å². The summed E-state index contributed by atoms with van der Waals surface area (Å²) in [5.74, 6) is 0. The molecule has 1 rings (SSSR count). The number of nitrogens with one attached hydrogen (secondary N) is 2. The zero-order chi connectivity index (χ0) is 9.19. The van der Waals surface area contributed by atoms with E-state index in [4.69, 9.17) is 5.11 Å². The van der Waals surface area contributed by atoms with E-state index in [0.29, 0.717) is 11.5 Å². The van der Waals surface area contributed by atoms with Crippen molar-refractivity contribution in [2.45, 2.75) is 32.9 Å². The number of rotatable bonds is 1. The molecule has 1 heterocycles. The Morgan fingerprint density at radius 2 is 1.92 bits per heavy atom. The molecule has 0 radical (unpaired) electrons. The molecule has 0 bridgehead atoms. The second-order valence-corrected chi connectivity index (χ2v) is 4.61. The van der Waals surface area contributed by atoms with E-state index >= 15 is 0 Å². The molecule has 0 saturated carbocycles. The molecule has 1 saturated heterocycles.